The largest absolute Gasteiger partial charge is 0.381 e. The van der Waals surface area contributed by atoms with Crippen LogP contribution in [0.15, 0.2) is 59.1 Å². The molecule has 4 rings (SSSR count). The van der Waals surface area contributed by atoms with E-state index in [0.29, 0.717) is 26.2 Å². The topological polar surface area (TPSA) is 58.6 Å². The first-order chi connectivity index (χ1) is 15.1. The third kappa shape index (κ3) is 5.36. The van der Waals surface area contributed by atoms with Crippen molar-refractivity contribution in [3.05, 3.63) is 70.2 Å². The third-order valence-corrected chi connectivity index (χ3v) is 6.92. The molecule has 2 heterocycles. The summed E-state index contributed by atoms with van der Waals surface area (Å²) in [6, 6.07) is 18.0. The smallest absolute Gasteiger partial charge is 0.227 e. The fourth-order valence-electron chi connectivity index (χ4n) is 4.63. The van der Waals surface area contributed by atoms with Crippen molar-refractivity contribution in [1.29, 1.82) is 0 Å². The normalized spacial score (nSPS) is 20.8. The first kappa shape index (κ1) is 22.0. The molecule has 0 saturated carbocycles. The van der Waals surface area contributed by atoms with Crippen LogP contribution >= 0.6 is 15.9 Å². The van der Waals surface area contributed by atoms with Crippen LogP contribution in [0, 0.1) is 5.92 Å². The van der Waals surface area contributed by atoms with Crippen LogP contribution in [-0.4, -0.2) is 43.0 Å². The summed E-state index contributed by atoms with van der Waals surface area (Å²) in [5, 5.41) is 3.38. The fourth-order valence-corrected chi connectivity index (χ4v) is 5.03. The Bertz CT molecular complexity index is 912. The predicted octanol–water partition coefficient (Wildman–Crippen LogP) is 4.05. The van der Waals surface area contributed by atoms with Gasteiger partial charge in [0.1, 0.15) is 0 Å². The van der Waals surface area contributed by atoms with Crippen molar-refractivity contribution in [3.63, 3.8) is 0 Å². The summed E-state index contributed by atoms with van der Waals surface area (Å²) in [5.41, 5.74) is 1.69. The molecule has 2 fully saturated rings. The van der Waals surface area contributed by atoms with E-state index in [1.807, 2.05) is 47.4 Å². The molecule has 1 N–H and O–H groups in total. The maximum Gasteiger partial charge on any atom is 0.227 e. The van der Waals surface area contributed by atoms with Crippen LogP contribution in [0.25, 0.3) is 0 Å². The molecule has 164 valence electrons. The van der Waals surface area contributed by atoms with Crippen LogP contribution in [0.4, 0.5) is 0 Å². The second-order valence-corrected chi connectivity index (χ2v) is 9.45. The predicted molar refractivity (Wildman–Crippen MR) is 123 cm³/mol. The van der Waals surface area contributed by atoms with E-state index in [1.165, 1.54) is 0 Å². The Hall–Kier alpha value is -2.18. The van der Waals surface area contributed by atoms with Gasteiger partial charge in [0.2, 0.25) is 11.8 Å². The molecule has 1 atom stereocenters. The zero-order valence-electron chi connectivity index (χ0n) is 17.7. The maximum atomic E-state index is 13.4. The van der Waals surface area contributed by atoms with E-state index < -0.39 is 5.54 Å². The lowest BCUT2D eigenvalue weighted by Gasteiger charge is -2.41. The number of nitrogens with zero attached hydrogens (tertiary/aromatic N) is 1. The number of carbonyl (C=O) groups excluding carboxylic acids is 2. The Morgan fingerprint density at radius 3 is 2.61 bits per heavy atom. The van der Waals surface area contributed by atoms with Crippen LogP contribution < -0.4 is 5.32 Å². The molecule has 31 heavy (non-hydrogen) atoms. The van der Waals surface area contributed by atoms with Crippen molar-refractivity contribution in [1.82, 2.24) is 10.2 Å². The molecule has 5 nitrogen and oxygen atoms in total. The lowest BCUT2D eigenvalue weighted by Crippen LogP contribution is -2.54. The van der Waals surface area contributed by atoms with E-state index in [2.05, 4.69) is 33.4 Å². The number of likely N-dealkylation sites (tertiary alicyclic amines) is 1. The lowest BCUT2D eigenvalue weighted by atomic mass is 9.81. The zero-order chi connectivity index (χ0) is 21.7. The van der Waals surface area contributed by atoms with Gasteiger partial charge >= 0.3 is 0 Å². The number of rotatable bonds is 5. The molecule has 1 unspecified atom stereocenters. The number of hydrogen-bond donors (Lipinski definition) is 1. The highest BCUT2D eigenvalue weighted by Gasteiger charge is 2.38. The minimum atomic E-state index is -0.421. The summed E-state index contributed by atoms with van der Waals surface area (Å²) in [7, 11) is 0. The van der Waals surface area contributed by atoms with E-state index in [1.54, 1.807) is 0 Å². The number of carbonyl (C=O) groups is 2. The molecule has 0 aliphatic carbocycles. The summed E-state index contributed by atoms with van der Waals surface area (Å²) in [6.45, 7) is 2.46. The summed E-state index contributed by atoms with van der Waals surface area (Å²) in [6.07, 6.45) is 3.54. The molecule has 0 radical (unpaired) electrons. The number of amides is 2. The molecule has 6 heteroatoms. The van der Waals surface area contributed by atoms with Gasteiger partial charge in [0.15, 0.2) is 0 Å². The van der Waals surface area contributed by atoms with Crippen molar-refractivity contribution in [2.24, 2.45) is 5.92 Å². The van der Waals surface area contributed by atoms with Gasteiger partial charge in [0.05, 0.1) is 17.9 Å². The van der Waals surface area contributed by atoms with Crippen molar-refractivity contribution < 1.29 is 14.3 Å². The van der Waals surface area contributed by atoms with Gasteiger partial charge in [-0.25, -0.2) is 0 Å². The van der Waals surface area contributed by atoms with Gasteiger partial charge in [-0.2, -0.15) is 0 Å². The Morgan fingerprint density at radius 1 is 1.10 bits per heavy atom. The number of hydrogen-bond acceptors (Lipinski definition) is 3. The summed E-state index contributed by atoms with van der Waals surface area (Å²) < 4.78 is 6.59. The first-order valence-corrected chi connectivity index (χ1v) is 11.8. The van der Waals surface area contributed by atoms with Crippen LogP contribution in [0.3, 0.4) is 0 Å². The van der Waals surface area contributed by atoms with Gasteiger partial charge in [-0.1, -0.05) is 58.4 Å². The van der Waals surface area contributed by atoms with Crippen LogP contribution in [0.2, 0.25) is 0 Å². The van der Waals surface area contributed by atoms with E-state index in [0.717, 1.165) is 47.8 Å². The average Bonchev–Trinajstić information content (AvgIpc) is 2.80. The Morgan fingerprint density at radius 2 is 1.87 bits per heavy atom. The molecular weight excluding hydrogens is 456 g/mol. The molecule has 2 amide bonds. The second-order valence-electron chi connectivity index (χ2n) is 8.54. The molecular formula is C25H29BrN2O3. The van der Waals surface area contributed by atoms with E-state index in [-0.39, 0.29) is 17.7 Å². The van der Waals surface area contributed by atoms with Crippen molar-refractivity contribution >= 4 is 27.7 Å². The van der Waals surface area contributed by atoms with Crippen molar-refractivity contribution in [2.75, 3.05) is 26.3 Å². The highest BCUT2D eigenvalue weighted by atomic mass is 79.9. The van der Waals surface area contributed by atoms with Gasteiger partial charge in [-0.15, -0.1) is 0 Å². The molecule has 0 bridgehead atoms. The summed E-state index contributed by atoms with van der Waals surface area (Å²) in [4.78, 5) is 28.0. The van der Waals surface area contributed by atoms with Gasteiger partial charge in [-0.05, 0) is 48.9 Å². The summed E-state index contributed by atoms with van der Waals surface area (Å²) in [5.74, 6) is -0.0455. The minimum Gasteiger partial charge on any atom is -0.381 e. The van der Waals surface area contributed by atoms with Gasteiger partial charge < -0.3 is 15.0 Å². The van der Waals surface area contributed by atoms with Gasteiger partial charge in [-0.3, -0.25) is 9.59 Å². The minimum absolute atomic E-state index is 0.0408. The lowest BCUT2D eigenvalue weighted by molar-refractivity contribution is -0.136. The number of nitrogens with one attached hydrogen (secondary N) is 1. The monoisotopic (exact) mass is 484 g/mol. The van der Waals surface area contributed by atoms with Crippen LogP contribution in [0.1, 0.15) is 36.8 Å². The number of halogens is 1. The Labute approximate surface area is 192 Å². The standard InChI is InChI=1S/C25H29BrN2O3/c26-22-10-4-9-21(17-22)25(11-14-31-15-12-25)27-24(30)20-8-5-13-28(18-20)23(29)16-19-6-2-1-3-7-19/h1-4,6-7,9-10,17,20H,5,8,11-16,18H2,(H,27,30). The quantitative estimate of drug-likeness (QED) is 0.696. The number of piperidine rings is 1. The van der Waals surface area contributed by atoms with Gasteiger partial charge in [0, 0.05) is 30.8 Å². The highest BCUT2D eigenvalue weighted by molar-refractivity contribution is 9.10. The molecule has 0 aromatic heterocycles. The third-order valence-electron chi connectivity index (χ3n) is 6.43. The molecule has 2 aromatic rings. The van der Waals surface area contributed by atoms with E-state index in [9.17, 15) is 9.59 Å². The number of ether oxygens (including phenoxy) is 1. The van der Waals surface area contributed by atoms with Crippen molar-refractivity contribution in [2.45, 2.75) is 37.6 Å². The van der Waals surface area contributed by atoms with Crippen LogP contribution in [-0.2, 0) is 26.3 Å². The molecule has 0 spiro atoms. The molecule has 2 aliphatic rings. The Balaban J connectivity index is 1.44. The molecule has 2 aromatic carbocycles. The fraction of sp³-hybridized carbons (Fsp3) is 0.440. The number of benzene rings is 2. The first-order valence-electron chi connectivity index (χ1n) is 11.0. The van der Waals surface area contributed by atoms with E-state index >= 15 is 0 Å². The zero-order valence-corrected chi connectivity index (χ0v) is 19.3. The Kier molecular flexibility index (Phi) is 7.08. The second kappa shape index (κ2) is 9.96. The van der Waals surface area contributed by atoms with E-state index in [4.69, 9.17) is 4.74 Å². The van der Waals surface area contributed by atoms with Crippen LogP contribution in [0.5, 0.6) is 0 Å². The molecule has 2 aliphatic heterocycles. The average molecular weight is 485 g/mol. The molecule has 2 saturated heterocycles. The maximum absolute atomic E-state index is 13.4. The van der Waals surface area contributed by atoms with Gasteiger partial charge in [0.25, 0.3) is 0 Å². The SMILES string of the molecule is O=C(NC1(c2cccc(Br)c2)CCOCC1)C1CCCN(C(=O)Cc2ccccc2)C1. The van der Waals surface area contributed by atoms with Crippen molar-refractivity contribution in [3.8, 4) is 0 Å². The summed E-state index contributed by atoms with van der Waals surface area (Å²) >= 11 is 3.56. The highest BCUT2D eigenvalue weighted by Crippen LogP contribution is 2.34.